The van der Waals surface area contributed by atoms with E-state index in [1.165, 1.54) is 0 Å². The van der Waals surface area contributed by atoms with Gasteiger partial charge in [-0.25, -0.2) is 0 Å². The van der Waals surface area contributed by atoms with Crippen LogP contribution in [0.5, 0.6) is 0 Å². The Bertz CT molecular complexity index is 853. The first-order valence-electron chi connectivity index (χ1n) is 9.76. The molecule has 4 amide bonds. The van der Waals surface area contributed by atoms with Crippen molar-refractivity contribution in [2.24, 2.45) is 0 Å². The van der Waals surface area contributed by atoms with Gasteiger partial charge in [0.1, 0.15) is 6.04 Å². The van der Waals surface area contributed by atoms with E-state index in [2.05, 4.69) is 22.9 Å². The molecule has 148 valence electrons. The molecule has 28 heavy (non-hydrogen) atoms. The van der Waals surface area contributed by atoms with Gasteiger partial charge in [-0.1, -0.05) is 12.1 Å². The van der Waals surface area contributed by atoms with E-state index < -0.39 is 23.8 Å². The number of rotatable bonds is 4. The highest BCUT2D eigenvalue weighted by Crippen LogP contribution is 2.30. The van der Waals surface area contributed by atoms with Crippen molar-refractivity contribution < 1.29 is 19.2 Å². The quantitative estimate of drug-likeness (QED) is 0.646. The van der Waals surface area contributed by atoms with Gasteiger partial charge >= 0.3 is 0 Å². The third-order valence-corrected chi connectivity index (χ3v) is 5.76. The lowest BCUT2D eigenvalue weighted by molar-refractivity contribution is -0.136. The van der Waals surface area contributed by atoms with Crippen LogP contribution in [0.2, 0.25) is 0 Å². The first kappa shape index (κ1) is 18.8. The summed E-state index contributed by atoms with van der Waals surface area (Å²) >= 11 is 0. The summed E-state index contributed by atoms with van der Waals surface area (Å²) in [4.78, 5) is 50.5. The predicted octanol–water partition coefficient (Wildman–Crippen LogP) is 0.318. The lowest BCUT2D eigenvalue weighted by Crippen LogP contribution is -2.54. The zero-order valence-electron chi connectivity index (χ0n) is 15.8. The van der Waals surface area contributed by atoms with Gasteiger partial charge in [0.05, 0.1) is 11.1 Å². The molecule has 4 rings (SSSR count). The molecule has 0 saturated carbocycles. The number of amides is 4. The first-order valence-corrected chi connectivity index (χ1v) is 9.76. The fraction of sp³-hybridized carbons (Fsp3) is 0.500. The zero-order chi connectivity index (χ0) is 19.8. The van der Waals surface area contributed by atoms with E-state index in [1.807, 2.05) is 6.07 Å². The summed E-state index contributed by atoms with van der Waals surface area (Å²) in [6, 6.07) is 5.09. The van der Waals surface area contributed by atoms with Crippen LogP contribution in [0, 0.1) is 0 Å². The van der Waals surface area contributed by atoms with Crippen LogP contribution < -0.4 is 16.0 Å². The van der Waals surface area contributed by atoms with Gasteiger partial charge in [-0.15, -0.1) is 0 Å². The van der Waals surface area contributed by atoms with Crippen LogP contribution in [0.25, 0.3) is 0 Å². The number of imide groups is 2. The second kappa shape index (κ2) is 7.44. The fourth-order valence-corrected chi connectivity index (χ4v) is 4.30. The van der Waals surface area contributed by atoms with Crippen molar-refractivity contribution in [1.29, 1.82) is 0 Å². The molecular formula is C20H24N4O4. The van der Waals surface area contributed by atoms with Gasteiger partial charge < -0.3 is 10.6 Å². The molecule has 3 aliphatic rings. The maximum atomic E-state index is 13.1. The standard InChI is InChI=1S/C20H24N4O4/c1-11-9-13(7-8-21-11)22-10-12-3-2-4-14-17(12)20(28)24(19(14)27)15-5-6-16(25)23-18(15)26/h2-4,11,13,15,21-22H,5-10H2,1H3,(H,23,25,26)/t11-,13+,15?/m1/s1. The third-order valence-electron chi connectivity index (χ3n) is 5.76. The van der Waals surface area contributed by atoms with E-state index in [4.69, 9.17) is 0 Å². The van der Waals surface area contributed by atoms with Crippen molar-refractivity contribution in [2.75, 3.05) is 6.54 Å². The van der Waals surface area contributed by atoms with Crippen molar-refractivity contribution in [1.82, 2.24) is 20.9 Å². The molecule has 3 heterocycles. The molecule has 0 bridgehead atoms. The second-order valence-corrected chi connectivity index (χ2v) is 7.74. The minimum Gasteiger partial charge on any atom is -0.314 e. The Morgan fingerprint density at radius 2 is 1.96 bits per heavy atom. The maximum absolute atomic E-state index is 13.1. The number of benzene rings is 1. The summed E-state index contributed by atoms with van der Waals surface area (Å²) in [5.74, 6) is -1.88. The summed E-state index contributed by atoms with van der Waals surface area (Å²) < 4.78 is 0. The van der Waals surface area contributed by atoms with Gasteiger partial charge in [0.15, 0.2) is 0 Å². The molecular weight excluding hydrogens is 360 g/mol. The topological polar surface area (TPSA) is 108 Å². The van der Waals surface area contributed by atoms with Crippen molar-refractivity contribution >= 4 is 23.6 Å². The first-order chi connectivity index (χ1) is 13.5. The van der Waals surface area contributed by atoms with E-state index in [1.54, 1.807) is 12.1 Å². The molecule has 2 fully saturated rings. The van der Waals surface area contributed by atoms with E-state index in [9.17, 15) is 19.2 Å². The molecule has 1 aromatic carbocycles. The molecule has 0 aromatic heterocycles. The number of piperidine rings is 2. The number of hydrogen-bond acceptors (Lipinski definition) is 6. The summed E-state index contributed by atoms with van der Waals surface area (Å²) in [5.41, 5.74) is 1.45. The summed E-state index contributed by atoms with van der Waals surface area (Å²) in [7, 11) is 0. The van der Waals surface area contributed by atoms with Crippen LogP contribution in [0.1, 0.15) is 58.9 Å². The van der Waals surface area contributed by atoms with E-state index in [0.29, 0.717) is 29.8 Å². The summed E-state index contributed by atoms with van der Waals surface area (Å²) in [5, 5.41) is 9.12. The minimum absolute atomic E-state index is 0.117. The molecule has 8 nitrogen and oxygen atoms in total. The number of carbonyl (C=O) groups excluding carboxylic acids is 4. The minimum atomic E-state index is -0.934. The van der Waals surface area contributed by atoms with Gasteiger partial charge in [0, 0.05) is 25.0 Å². The van der Waals surface area contributed by atoms with Crippen molar-refractivity contribution in [2.45, 2.75) is 57.3 Å². The van der Waals surface area contributed by atoms with E-state index >= 15 is 0 Å². The Morgan fingerprint density at radius 3 is 2.71 bits per heavy atom. The Kier molecular flexibility index (Phi) is 4.99. The van der Waals surface area contributed by atoms with Crippen LogP contribution in [0.3, 0.4) is 0 Å². The van der Waals surface area contributed by atoms with Crippen LogP contribution in [0.4, 0.5) is 0 Å². The molecule has 1 unspecified atom stereocenters. The third kappa shape index (κ3) is 3.33. The molecule has 3 N–H and O–H groups in total. The molecule has 2 saturated heterocycles. The van der Waals surface area contributed by atoms with Gasteiger partial charge in [0.2, 0.25) is 11.8 Å². The van der Waals surface area contributed by atoms with Crippen molar-refractivity contribution in [3.63, 3.8) is 0 Å². The van der Waals surface area contributed by atoms with Crippen LogP contribution in [-0.2, 0) is 16.1 Å². The Labute approximate surface area is 163 Å². The summed E-state index contributed by atoms with van der Waals surface area (Å²) in [6.45, 7) is 3.59. The van der Waals surface area contributed by atoms with Crippen LogP contribution >= 0.6 is 0 Å². The maximum Gasteiger partial charge on any atom is 0.262 e. The average Bonchev–Trinajstić information content (AvgIpc) is 2.92. The smallest absolute Gasteiger partial charge is 0.262 e. The molecule has 0 aliphatic carbocycles. The Hall–Kier alpha value is -2.58. The number of carbonyl (C=O) groups is 4. The summed E-state index contributed by atoms with van der Waals surface area (Å²) in [6.07, 6.45) is 2.29. The van der Waals surface area contributed by atoms with Gasteiger partial charge in [0.25, 0.3) is 11.8 Å². The normalized spacial score (nSPS) is 27.8. The number of hydrogen-bond donors (Lipinski definition) is 3. The van der Waals surface area contributed by atoms with E-state index in [0.717, 1.165) is 29.8 Å². The highest BCUT2D eigenvalue weighted by atomic mass is 16.2. The molecule has 8 heteroatoms. The van der Waals surface area contributed by atoms with Gasteiger partial charge in [-0.2, -0.15) is 0 Å². The van der Waals surface area contributed by atoms with Crippen LogP contribution in [-0.4, -0.2) is 53.2 Å². The Balaban J connectivity index is 1.54. The number of nitrogens with one attached hydrogen (secondary N) is 3. The van der Waals surface area contributed by atoms with Gasteiger partial charge in [-0.05, 0) is 44.4 Å². The average molecular weight is 384 g/mol. The fourth-order valence-electron chi connectivity index (χ4n) is 4.30. The molecule has 3 aliphatic heterocycles. The van der Waals surface area contributed by atoms with Crippen molar-refractivity contribution in [3.8, 4) is 0 Å². The molecule has 0 radical (unpaired) electrons. The van der Waals surface area contributed by atoms with Gasteiger partial charge in [-0.3, -0.25) is 29.4 Å². The highest BCUT2D eigenvalue weighted by molar-refractivity contribution is 6.24. The SMILES string of the molecule is C[C@@H]1C[C@@H](NCc2cccc3c2C(=O)N(C2CCC(=O)NC2=O)C3=O)CCN1. The zero-order valence-corrected chi connectivity index (χ0v) is 15.8. The molecule has 1 aromatic rings. The highest BCUT2D eigenvalue weighted by Gasteiger charge is 2.45. The predicted molar refractivity (Wildman–Crippen MR) is 100 cm³/mol. The van der Waals surface area contributed by atoms with Crippen molar-refractivity contribution in [3.05, 3.63) is 34.9 Å². The number of fused-ring (bicyclic) bond motifs is 1. The largest absolute Gasteiger partial charge is 0.314 e. The van der Waals surface area contributed by atoms with Crippen LogP contribution in [0.15, 0.2) is 18.2 Å². The Morgan fingerprint density at radius 1 is 1.14 bits per heavy atom. The monoisotopic (exact) mass is 384 g/mol. The number of nitrogens with zero attached hydrogens (tertiary/aromatic N) is 1. The molecule has 3 atom stereocenters. The van der Waals surface area contributed by atoms with E-state index in [-0.39, 0.29) is 18.7 Å². The molecule has 0 spiro atoms. The second-order valence-electron chi connectivity index (χ2n) is 7.74. The lowest BCUT2D eigenvalue weighted by Gasteiger charge is -2.29. The lowest BCUT2D eigenvalue weighted by atomic mass is 9.99.